The van der Waals surface area contributed by atoms with Gasteiger partial charge >= 0.3 is 0 Å². The summed E-state index contributed by atoms with van der Waals surface area (Å²) < 4.78 is 10.6. The molecule has 0 aliphatic heterocycles. The number of hydrogen-bond acceptors (Lipinski definition) is 4. The number of hydrogen-bond donors (Lipinski definition) is 0. The summed E-state index contributed by atoms with van der Waals surface area (Å²) in [5.74, 6) is 6.90. The molecule has 0 unspecified atom stereocenters. The molecule has 0 spiro atoms. The van der Waals surface area contributed by atoms with E-state index < -0.39 is 0 Å². The Balaban J connectivity index is 1.40. The Bertz CT molecular complexity index is 355. The normalized spacial score (nSPS) is 10.9. The Hall–Kier alpha value is -0.740. The molecule has 0 radical (unpaired) electrons. The molecule has 98 valence electrons. The van der Waals surface area contributed by atoms with Gasteiger partial charge in [0, 0.05) is 35.9 Å². The molecule has 0 saturated carbocycles. The van der Waals surface area contributed by atoms with Crippen molar-refractivity contribution in [3.05, 3.63) is 48.3 Å². The molecule has 4 heteroatoms. The third-order valence-electron chi connectivity index (χ3n) is 2.52. The van der Waals surface area contributed by atoms with E-state index in [1.54, 1.807) is 12.5 Å². The van der Waals surface area contributed by atoms with Gasteiger partial charge in [0.25, 0.3) is 0 Å². The quantitative estimate of drug-likeness (QED) is 0.646. The first-order valence-corrected chi connectivity index (χ1v) is 8.46. The van der Waals surface area contributed by atoms with E-state index >= 15 is 0 Å². The molecule has 2 aromatic rings. The molecule has 0 bridgehead atoms. The third-order valence-corrected chi connectivity index (χ3v) is 4.75. The van der Waals surface area contributed by atoms with Crippen molar-refractivity contribution in [2.24, 2.45) is 0 Å². The average molecular weight is 282 g/mol. The van der Waals surface area contributed by atoms with Crippen LogP contribution in [0.15, 0.2) is 45.6 Å². The molecule has 0 saturated heterocycles. The summed E-state index contributed by atoms with van der Waals surface area (Å²) in [6.07, 6.45) is 5.55. The van der Waals surface area contributed by atoms with Crippen molar-refractivity contribution in [3.8, 4) is 0 Å². The maximum atomic E-state index is 5.29. The van der Waals surface area contributed by atoms with E-state index in [9.17, 15) is 0 Å². The van der Waals surface area contributed by atoms with Crippen LogP contribution in [0.2, 0.25) is 0 Å². The first-order chi connectivity index (χ1) is 8.95. The summed E-state index contributed by atoms with van der Waals surface area (Å²) in [5, 5.41) is 0. The van der Waals surface area contributed by atoms with Gasteiger partial charge < -0.3 is 8.83 Å². The van der Waals surface area contributed by atoms with Crippen LogP contribution >= 0.6 is 23.5 Å². The second kappa shape index (κ2) is 8.38. The Morgan fingerprint density at radius 2 is 1.22 bits per heavy atom. The predicted molar refractivity (Wildman–Crippen MR) is 79.5 cm³/mol. The maximum absolute atomic E-state index is 5.29. The smallest absolute Gasteiger partial charge is 0.104 e. The molecular weight excluding hydrogens is 264 g/mol. The Morgan fingerprint density at radius 1 is 0.722 bits per heavy atom. The lowest BCUT2D eigenvalue weighted by molar-refractivity contribution is 0.517. The van der Waals surface area contributed by atoms with Gasteiger partial charge in [0.1, 0.15) is 11.5 Å². The average Bonchev–Trinajstić information content (AvgIpc) is 3.05. The molecule has 0 atom stereocenters. The zero-order chi connectivity index (χ0) is 12.5. The Morgan fingerprint density at radius 3 is 1.61 bits per heavy atom. The van der Waals surface area contributed by atoms with Crippen LogP contribution in [-0.2, 0) is 12.8 Å². The fraction of sp³-hybridized carbons (Fsp3) is 0.429. The largest absolute Gasteiger partial charge is 0.469 e. The van der Waals surface area contributed by atoms with Crippen molar-refractivity contribution in [2.75, 3.05) is 23.0 Å². The summed E-state index contributed by atoms with van der Waals surface area (Å²) in [7, 11) is 0. The molecule has 0 aliphatic carbocycles. The minimum absolute atomic E-state index is 1.04. The van der Waals surface area contributed by atoms with Gasteiger partial charge in [-0.1, -0.05) is 0 Å². The molecule has 2 rings (SSSR count). The highest BCUT2D eigenvalue weighted by atomic mass is 32.2. The monoisotopic (exact) mass is 282 g/mol. The number of furan rings is 2. The predicted octanol–water partition coefficient (Wildman–Crippen LogP) is 4.12. The van der Waals surface area contributed by atoms with Gasteiger partial charge in [0.15, 0.2) is 0 Å². The van der Waals surface area contributed by atoms with Crippen LogP contribution in [0.25, 0.3) is 0 Å². The van der Waals surface area contributed by atoms with Gasteiger partial charge in [-0.25, -0.2) is 0 Å². The van der Waals surface area contributed by atoms with E-state index in [0.29, 0.717) is 0 Å². The van der Waals surface area contributed by atoms with Gasteiger partial charge in [-0.3, -0.25) is 0 Å². The first kappa shape index (κ1) is 13.7. The molecule has 18 heavy (non-hydrogen) atoms. The standard InChI is InChI=1S/C14H18O2S2/c1-3-13(15-7-1)5-9-17-11-12-18-10-6-14-4-2-8-16-14/h1-4,7-8H,5-6,9-12H2. The van der Waals surface area contributed by atoms with Crippen LogP contribution in [0.4, 0.5) is 0 Å². The van der Waals surface area contributed by atoms with E-state index in [0.717, 1.165) is 35.9 Å². The molecule has 0 fully saturated rings. The highest BCUT2D eigenvalue weighted by molar-refractivity contribution is 8.02. The first-order valence-electron chi connectivity index (χ1n) is 6.15. The van der Waals surface area contributed by atoms with Crippen LogP contribution in [0.1, 0.15) is 11.5 Å². The fourth-order valence-corrected chi connectivity index (χ4v) is 3.62. The number of thioether (sulfide) groups is 2. The summed E-state index contributed by atoms with van der Waals surface area (Å²) in [4.78, 5) is 0. The molecule has 2 heterocycles. The Labute approximate surface area is 117 Å². The topological polar surface area (TPSA) is 26.3 Å². The number of rotatable bonds is 9. The van der Waals surface area contributed by atoms with Gasteiger partial charge in [0.2, 0.25) is 0 Å². The fourth-order valence-electron chi connectivity index (χ4n) is 1.58. The van der Waals surface area contributed by atoms with Crippen molar-refractivity contribution in [1.82, 2.24) is 0 Å². The highest BCUT2D eigenvalue weighted by Crippen LogP contribution is 2.12. The van der Waals surface area contributed by atoms with Crippen LogP contribution < -0.4 is 0 Å². The van der Waals surface area contributed by atoms with Crippen LogP contribution in [0.3, 0.4) is 0 Å². The zero-order valence-electron chi connectivity index (χ0n) is 10.3. The molecule has 0 aromatic carbocycles. The maximum Gasteiger partial charge on any atom is 0.104 e. The lowest BCUT2D eigenvalue weighted by Gasteiger charge is -2.01. The number of aryl methyl sites for hydroxylation is 2. The SMILES string of the molecule is c1coc(CCSCCSCCc2ccco2)c1. The van der Waals surface area contributed by atoms with Crippen molar-refractivity contribution >= 4 is 23.5 Å². The van der Waals surface area contributed by atoms with Crippen LogP contribution in [-0.4, -0.2) is 23.0 Å². The second-order valence-electron chi connectivity index (χ2n) is 3.88. The van der Waals surface area contributed by atoms with Crippen LogP contribution in [0.5, 0.6) is 0 Å². The second-order valence-corrected chi connectivity index (χ2v) is 6.33. The lowest BCUT2D eigenvalue weighted by Crippen LogP contribution is -1.93. The molecule has 2 aromatic heterocycles. The van der Waals surface area contributed by atoms with Crippen molar-refractivity contribution in [1.29, 1.82) is 0 Å². The van der Waals surface area contributed by atoms with Gasteiger partial charge in [-0.2, -0.15) is 23.5 Å². The van der Waals surface area contributed by atoms with Crippen molar-refractivity contribution in [3.63, 3.8) is 0 Å². The van der Waals surface area contributed by atoms with E-state index in [2.05, 4.69) is 0 Å². The lowest BCUT2D eigenvalue weighted by atomic mass is 10.4. The van der Waals surface area contributed by atoms with Gasteiger partial charge in [0.05, 0.1) is 12.5 Å². The molecule has 2 nitrogen and oxygen atoms in total. The Kier molecular flexibility index (Phi) is 6.37. The zero-order valence-corrected chi connectivity index (χ0v) is 12.0. The molecule has 0 N–H and O–H groups in total. The molecule has 0 amide bonds. The summed E-state index contributed by atoms with van der Waals surface area (Å²) in [6.45, 7) is 0. The minimum atomic E-state index is 1.04. The van der Waals surface area contributed by atoms with Crippen LogP contribution in [0, 0.1) is 0 Å². The van der Waals surface area contributed by atoms with Crippen molar-refractivity contribution < 1.29 is 8.83 Å². The van der Waals surface area contributed by atoms with Gasteiger partial charge in [-0.15, -0.1) is 0 Å². The van der Waals surface area contributed by atoms with Crippen molar-refractivity contribution in [2.45, 2.75) is 12.8 Å². The van der Waals surface area contributed by atoms with E-state index in [1.165, 1.54) is 11.5 Å². The minimum Gasteiger partial charge on any atom is -0.469 e. The highest BCUT2D eigenvalue weighted by Gasteiger charge is 1.98. The van der Waals surface area contributed by atoms with E-state index in [-0.39, 0.29) is 0 Å². The third kappa shape index (κ3) is 5.27. The summed E-state index contributed by atoms with van der Waals surface area (Å²) >= 11 is 3.99. The summed E-state index contributed by atoms with van der Waals surface area (Å²) in [6, 6.07) is 7.98. The summed E-state index contributed by atoms with van der Waals surface area (Å²) in [5.41, 5.74) is 0. The van der Waals surface area contributed by atoms with E-state index in [1.807, 2.05) is 47.8 Å². The van der Waals surface area contributed by atoms with Gasteiger partial charge in [-0.05, 0) is 24.3 Å². The van der Waals surface area contributed by atoms with E-state index in [4.69, 9.17) is 8.83 Å². The molecule has 0 aliphatic rings. The molecular formula is C14H18O2S2.